The minimum Gasteiger partial charge on any atom is -0.309 e. The van der Waals surface area contributed by atoms with Crippen LogP contribution in [0.5, 0.6) is 0 Å². The molecule has 1 aliphatic rings. The first-order chi connectivity index (χ1) is 8.20. The SMILES string of the molecule is CCN(C)CCNC1CCCc2sc(Cl)cc21. The van der Waals surface area contributed by atoms with Crippen LogP contribution in [0.1, 0.15) is 36.2 Å². The number of aryl methyl sites for hydroxylation is 1. The van der Waals surface area contributed by atoms with Gasteiger partial charge in [-0.1, -0.05) is 18.5 Å². The summed E-state index contributed by atoms with van der Waals surface area (Å²) in [6.07, 6.45) is 3.74. The summed E-state index contributed by atoms with van der Waals surface area (Å²) in [4.78, 5) is 3.82. The van der Waals surface area contributed by atoms with Crippen molar-refractivity contribution in [1.29, 1.82) is 0 Å². The molecule has 0 aromatic carbocycles. The number of hydrogen-bond donors (Lipinski definition) is 1. The average Bonchev–Trinajstić information content (AvgIpc) is 2.70. The lowest BCUT2D eigenvalue weighted by atomic mass is 9.94. The van der Waals surface area contributed by atoms with Crippen LogP contribution in [0.3, 0.4) is 0 Å². The highest BCUT2D eigenvalue weighted by Crippen LogP contribution is 2.37. The van der Waals surface area contributed by atoms with Crippen molar-refractivity contribution in [3.05, 3.63) is 20.8 Å². The van der Waals surface area contributed by atoms with Gasteiger partial charge >= 0.3 is 0 Å². The number of nitrogens with zero attached hydrogens (tertiary/aromatic N) is 1. The molecule has 0 amide bonds. The lowest BCUT2D eigenvalue weighted by Crippen LogP contribution is -2.32. The predicted octanol–water partition coefficient (Wildman–Crippen LogP) is 3.32. The Balaban J connectivity index is 1.90. The molecule has 0 saturated carbocycles. The van der Waals surface area contributed by atoms with Gasteiger partial charge in [-0.05, 0) is 44.5 Å². The van der Waals surface area contributed by atoms with Gasteiger partial charge in [-0.25, -0.2) is 0 Å². The number of likely N-dealkylation sites (N-methyl/N-ethyl adjacent to an activating group) is 1. The van der Waals surface area contributed by atoms with E-state index in [0.717, 1.165) is 24.0 Å². The van der Waals surface area contributed by atoms with Gasteiger partial charge in [-0.2, -0.15) is 0 Å². The van der Waals surface area contributed by atoms with E-state index in [-0.39, 0.29) is 0 Å². The van der Waals surface area contributed by atoms with Crippen LogP contribution in [0.4, 0.5) is 0 Å². The van der Waals surface area contributed by atoms with Gasteiger partial charge in [0.15, 0.2) is 0 Å². The van der Waals surface area contributed by atoms with E-state index in [9.17, 15) is 0 Å². The minimum absolute atomic E-state index is 0.521. The third kappa shape index (κ3) is 3.44. The molecular weight excluding hydrogens is 252 g/mol. The second-order valence-corrected chi connectivity index (χ2v) is 6.49. The van der Waals surface area contributed by atoms with E-state index >= 15 is 0 Å². The van der Waals surface area contributed by atoms with Crippen molar-refractivity contribution in [2.45, 2.75) is 32.2 Å². The van der Waals surface area contributed by atoms with E-state index in [1.165, 1.54) is 29.7 Å². The van der Waals surface area contributed by atoms with E-state index in [2.05, 4.69) is 30.3 Å². The number of thiophene rings is 1. The molecule has 2 nitrogen and oxygen atoms in total. The fourth-order valence-corrected chi connectivity index (χ4v) is 3.70. The highest BCUT2D eigenvalue weighted by molar-refractivity contribution is 7.16. The molecular formula is C13H21ClN2S. The highest BCUT2D eigenvalue weighted by Gasteiger charge is 2.22. The Morgan fingerprint density at radius 2 is 2.41 bits per heavy atom. The molecule has 1 aromatic heterocycles. The van der Waals surface area contributed by atoms with E-state index in [0.29, 0.717) is 6.04 Å². The van der Waals surface area contributed by atoms with Gasteiger partial charge < -0.3 is 10.2 Å². The Hall–Kier alpha value is -0.0900. The molecule has 96 valence electrons. The van der Waals surface area contributed by atoms with Crippen molar-refractivity contribution >= 4 is 22.9 Å². The normalized spacial score (nSPS) is 19.6. The van der Waals surface area contributed by atoms with E-state index in [1.807, 2.05) is 0 Å². The Bertz CT molecular complexity index is 364. The smallest absolute Gasteiger partial charge is 0.0934 e. The third-order valence-electron chi connectivity index (χ3n) is 3.51. The van der Waals surface area contributed by atoms with Crippen LogP contribution in [0, 0.1) is 0 Å². The summed E-state index contributed by atoms with van der Waals surface area (Å²) in [7, 11) is 2.16. The van der Waals surface area contributed by atoms with Crippen molar-refractivity contribution < 1.29 is 0 Å². The van der Waals surface area contributed by atoms with Gasteiger partial charge in [-0.15, -0.1) is 11.3 Å². The lowest BCUT2D eigenvalue weighted by molar-refractivity contribution is 0.334. The first kappa shape index (κ1) is 13.3. The molecule has 1 unspecified atom stereocenters. The average molecular weight is 273 g/mol. The quantitative estimate of drug-likeness (QED) is 0.885. The molecule has 0 aliphatic heterocycles. The van der Waals surface area contributed by atoms with Crippen LogP contribution >= 0.6 is 22.9 Å². The van der Waals surface area contributed by atoms with Crippen LogP contribution in [0.2, 0.25) is 4.34 Å². The summed E-state index contributed by atoms with van der Waals surface area (Å²) >= 11 is 7.86. The third-order valence-corrected chi connectivity index (χ3v) is 4.85. The predicted molar refractivity (Wildman–Crippen MR) is 76.2 cm³/mol. The zero-order valence-corrected chi connectivity index (χ0v) is 12.2. The molecule has 1 N–H and O–H groups in total. The second-order valence-electron chi connectivity index (χ2n) is 4.72. The molecule has 1 aliphatic carbocycles. The van der Waals surface area contributed by atoms with Gasteiger partial charge in [0.2, 0.25) is 0 Å². The number of nitrogens with one attached hydrogen (secondary N) is 1. The van der Waals surface area contributed by atoms with Crippen LogP contribution in [0.25, 0.3) is 0 Å². The van der Waals surface area contributed by atoms with E-state index < -0.39 is 0 Å². The molecule has 1 heterocycles. The topological polar surface area (TPSA) is 15.3 Å². The van der Waals surface area contributed by atoms with Gasteiger partial charge in [0.25, 0.3) is 0 Å². The molecule has 0 radical (unpaired) electrons. The van der Waals surface area contributed by atoms with Gasteiger partial charge in [0.05, 0.1) is 4.34 Å². The van der Waals surface area contributed by atoms with Gasteiger partial charge in [0.1, 0.15) is 0 Å². The van der Waals surface area contributed by atoms with Crippen LogP contribution in [-0.2, 0) is 6.42 Å². The molecule has 1 aromatic rings. The Morgan fingerprint density at radius 1 is 1.59 bits per heavy atom. The van der Waals surface area contributed by atoms with Crippen LogP contribution in [0.15, 0.2) is 6.07 Å². The van der Waals surface area contributed by atoms with Crippen LogP contribution in [-0.4, -0.2) is 31.6 Å². The number of hydrogen-bond acceptors (Lipinski definition) is 3. The standard InChI is InChI=1S/C13H21ClN2S/c1-3-16(2)8-7-15-11-5-4-6-12-10(11)9-13(14)17-12/h9,11,15H,3-8H2,1-2H3. The maximum absolute atomic E-state index is 6.11. The first-order valence-electron chi connectivity index (χ1n) is 6.40. The summed E-state index contributed by atoms with van der Waals surface area (Å²) in [6.45, 7) is 5.47. The van der Waals surface area contributed by atoms with Gasteiger partial charge in [0, 0.05) is 24.0 Å². The summed E-state index contributed by atoms with van der Waals surface area (Å²) in [5.74, 6) is 0. The first-order valence-corrected chi connectivity index (χ1v) is 7.60. The Morgan fingerprint density at radius 3 is 3.18 bits per heavy atom. The number of rotatable bonds is 5. The summed E-state index contributed by atoms with van der Waals surface area (Å²) in [5.41, 5.74) is 1.45. The summed E-state index contributed by atoms with van der Waals surface area (Å²) in [5, 5.41) is 3.66. The molecule has 2 rings (SSSR count). The monoisotopic (exact) mass is 272 g/mol. The molecule has 0 bridgehead atoms. The van der Waals surface area contributed by atoms with E-state index in [4.69, 9.17) is 11.6 Å². The fourth-order valence-electron chi connectivity index (χ4n) is 2.32. The maximum atomic E-state index is 6.11. The minimum atomic E-state index is 0.521. The maximum Gasteiger partial charge on any atom is 0.0934 e. The Kier molecular flexibility index (Phi) is 4.86. The number of halogens is 1. The van der Waals surface area contributed by atoms with Crippen molar-refractivity contribution in [3.8, 4) is 0 Å². The molecule has 0 saturated heterocycles. The van der Waals surface area contributed by atoms with Crippen molar-refractivity contribution in [1.82, 2.24) is 10.2 Å². The number of fused-ring (bicyclic) bond motifs is 1. The summed E-state index contributed by atoms with van der Waals surface area (Å²) in [6, 6.07) is 2.68. The summed E-state index contributed by atoms with van der Waals surface area (Å²) < 4.78 is 0.939. The van der Waals surface area contributed by atoms with Crippen molar-refractivity contribution in [3.63, 3.8) is 0 Å². The van der Waals surface area contributed by atoms with E-state index in [1.54, 1.807) is 11.3 Å². The lowest BCUT2D eigenvalue weighted by Gasteiger charge is -2.25. The molecule has 4 heteroatoms. The van der Waals surface area contributed by atoms with Crippen LogP contribution < -0.4 is 5.32 Å². The fraction of sp³-hybridized carbons (Fsp3) is 0.692. The van der Waals surface area contributed by atoms with Gasteiger partial charge in [-0.3, -0.25) is 0 Å². The van der Waals surface area contributed by atoms with Crippen molar-refractivity contribution in [2.75, 3.05) is 26.7 Å². The van der Waals surface area contributed by atoms with Crippen molar-refractivity contribution in [2.24, 2.45) is 0 Å². The zero-order chi connectivity index (χ0) is 12.3. The Labute approximate surface area is 113 Å². The molecule has 0 spiro atoms. The highest BCUT2D eigenvalue weighted by atomic mass is 35.5. The largest absolute Gasteiger partial charge is 0.309 e. The molecule has 1 atom stereocenters. The molecule has 0 fully saturated rings. The second kappa shape index (κ2) is 6.19. The molecule has 17 heavy (non-hydrogen) atoms. The zero-order valence-electron chi connectivity index (χ0n) is 10.6.